The predicted octanol–water partition coefficient (Wildman–Crippen LogP) is 5.93. The van der Waals surface area contributed by atoms with Crippen molar-refractivity contribution >= 4 is 46.3 Å². The van der Waals surface area contributed by atoms with Gasteiger partial charge in [-0.05, 0) is 42.0 Å². The Morgan fingerprint density at radius 2 is 1.71 bits per heavy atom. The van der Waals surface area contributed by atoms with Crippen molar-refractivity contribution < 1.29 is 42.1 Å². The molecule has 3 aromatic rings. The first-order chi connectivity index (χ1) is 18.0. The molecule has 0 saturated carbocycles. The van der Waals surface area contributed by atoms with E-state index in [2.05, 4.69) is 9.72 Å². The third-order valence-electron chi connectivity index (χ3n) is 5.59. The number of halogens is 5. The van der Waals surface area contributed by atoms with E-state index in [-0.39, 0.29) is 38.4 Å². The zero-order chi connectivity index (χ0) is 27.8. The Morgan fingerprint density at radius 1 is 1.05 bits per heavy atom. The average Bonchev–Trinajstić information content (AvgIpc) is 3.14. The molecule has 1 saturated heterocycles. The van der Waals surface area contributed by atoms with Crippen LogP contribution in [0.15, 0.2) is 60.4 Å². The number of rotatable bonds is 6. The summed E-state index contributed by atoms with van der Waals surface area (Å²) in [6, 6.07) is 7.50. The van der Waals surface area contributed by atoms with Gasteiger partial charge in [0.05, 0.1) is 36.4 Å². The molecule has 2 aromatic carbocycles. The van der Waals surface area contributed by atoms with Gasteiger partial charge in [0, 0.05) is 18.1 Å². The van der Waals surface area contributed by atoms with Gasteiger partial charge in [-0.3, -0.25) is 19.5 Å². The fourth-order valence-electron chi connectivity index (χ4n) is 4.05. The molecule has 13 heteroatoms. The van der Waals surface area contributed by atoms with Crippen molar-refractivity contribution in [2.45, 2.75) is 12.4 Å². The largest absolute Gasteiger partial charge is 0.573 e. The number of carbonyl (C=O) groups excluding carboxylic acids is 2. The molecule has 1 amide bonds. The summed E-state index contributed by atoms with van der Waals surface area (Å²) in [5.41, 5.74) is -0.0563. The summed E-state index contributed by atoms with van der Waals surface area (Å²) in [5, 5.41) is 11.3. The summed E-state index contributed by atoms with van der Waals surface area (Å²) in [4.78, 5) is 31.6. The molecule has 8 nitrogen and oxygen atoms in total. The third kappa shape index (κ3) is 4.94. The Morgan fingerprint density at radius 3 is 2.26 bits per heavy atom. The van der Waals surface area contributed by atoms with Crippen molar-refractivity contribution in [1.29, 1.82) is 0 Å². The lowest BCUT2D eigenvalue weighted by atomic mass is 9.95. The molecule has 4 rings (SSSR count). The molecule has 2 heterocycles. The number of Topliss-reactive ketones (excluding diaryl/α,β-unsaturated/α-hetero) is 1. The molecule has 1 aromatic heterocycles. The fraction of sp³-hybridized carbons (Fsp3) is 0.160. The first-order valence-corrected chi connectivity index (χ1v) is 11.4. The summed E-state index contributed by atoms with van der Waals surface area (Å²) in [6.07, 6.45) is -2.07. The molecule has 1 atom stereocenters. The zero-order valence-electron chi connectivity index (χ0n) is 19.5. The number of nitrogens with zero attached hydrogens (tertiary/aromatic N) is 2. The number of amides is 1. The van der Waals surface area contributed by atoms with Crippen molar-refractivity contribution in [3.8, 4) is 17.2 Å². The van der Waals surface area contributed by atoms with Crippen molar-refractivity contribution in [1.82, 2.24) is 4.98 Å². The molecule has 198 valence electrons. The number of aromatic nitrogens is 1. The molecular formula is C25H17Cl2F3N2O6. The van der Waals surface area contributed by atoms with E-state index in [4.69, 9.17) is 32.7 Å². The second-order valence-corrected chi connectivity index (χ2v) is 8.57. The monoisotopic (exact) mass is 568 g/mol. The standard InChI is InChI=1S/C25H17Cl2F3N2O6/c1-36-22-15(10-16(26)23(37-2)18(22)27)20(33)17-19(12-4-3-9-31-11-12)32(24(35)21(17)34)13-5-7-14(8-6-13)38-25(28,29)30/h3-11,19,33H,1-2H3/b20-17+. The highest BCUT2D eigenvalue weighted by Crippen LogP contribution is 2.48. The van der Waals surface area contributed by atoms with Crippen molar-refractivity contribution in [2.75, 3.05) is 19.1 Å². The van der Waals surface area contributed by atoms with E-state index in [1.165, 1.54) is 44.8 Å². The van der Waals surface area contributed by atoms with Crippen molar-refractivity contribution in [3.05, 3.63) is 81.6 Å². The normalized spacial score (nSPS) is 17.0. The number of carbonyl (C=O) groups is 2. The van der Waals surface area contributed by atoms with Gasteiger partial charge in [-0.15, -0.1) is 13.2 Å². The van der Waals surface area contributed by atoms with E-state index in [0.29, 0.717) is 5.56 Å². The summed E-state index contributed by atoms with van der Waals surface area (Å²) < 4.78 is 52.2. The number of ether oxygens (including phenoxy) is 3. The first kappa shape index (κ1) is 27.1. The predicted molar refractivity (Wildman–Crippen MR) is 132 cm³/mol. The van der Waals surface area contributed by atoms with E-state index in [9.17, 15) is 27.9 Å². The Bertz CT molecular complexity index is 1430. The summed E-state index contributed by atoms with van der Waals surface area (Å²) in [7, 11) is 2.60. The zero-order valence-corrected chi connectivity index (χ0v) is 21.1. The maximum Gasteiger partial charge on any atom is 0.573 e. The number of hydrogen-bond donors (Lipinski definition) is 1. The number of pyridine rings is 1. The molecule has 1 aliphatic rings. The van der Waals surface area contributed by atoms with Gasteiger partial charge in [0.25, 0.3) is 11.7 Å². The van der Waals surface area contributed by atoms with E-state index < -0.39 is 35.6 Å². The van der Waals surface area contributed by atoms with E-state index in [1.807, 2.05) is 0 Å². The third-order valence-corrected chi connectivity index (χ3v) is 6.21. The van der Waals surface area contributed by atoms with Gasteiger partial charge in [-0.2, -0.15) is 0 Å². The fourth-order valence-corrected chi connectivity index (χ4v) is 4.74. The Labute approximate surface area is 223 Å². The maximum atomic E-state index is 13.3. The number of anilines is 1. The lowest BCUT2D eigenvalue weighted by molar-refractivity contribution is -0.274. The lowest BCUT2D eigenvalue weighted by Crippen LogP contribution is -2.29. The first-order valence-electron chi connectivity index (χ1n) is 10.7. The number of ketones is 1. The number of alkyl halides is 3. The van der Waals surface area contributed by atoms with Crippen LogP contribution >= 0.6 is 23.2 Å². The van der Waals surface area contributed by atoms with Crippen LogP contribution in [0.25, 0.3) is 5.76 Å². The highest BCUT2D eigenvalue weighted by atomic mass is 35.5. The van der Waals surface area contributed by atoms with E-state index in [1.54, 1.807) is 12.1 Å². The van der Waals surface area contributed by atoms with Crippen LogP contribution in [0, 0.1) is 0 Å². The molecule has 0 radical (unpaired) electrons. The van der Waals surface area contributed by atoms with Crippen LogP contribution < -0.4 is 19.1 Å². The van der Waals surface area contributed by atoms with Gasteiger partial charge in [0.1, 0.15) is 16.5 Å². The smallest absolute Gasteiger partial charge is 0.507 e. The van der Waals surface area contributed by atoms with Crippen LogP contribution in [0.1, 0.15) is 17.2 Å². The molecule has 0 aliphatic carbocycles. The van der Waals surface area contributed by atoms with Gasteiger partial charge in [0.2, 0.25) is 0 Å². The topological polar surface area (TPSA) is 98.2 Å². The van der Waals surface area contributed by atoms with Crippen LogP contribution in [0.4, 0.5) is 18.9 Å². The number of hydrogen-bond acceptors (Lipinski definition) is 7. The second kappa shape index (κ2) is 10.4. The number of aliphatic hydroxyl groups is 1. The van der Waals surface area contributed by atoms with Gasteiger partial charge in [-0.1, -0.05) is 29.3 Å². The number of benzene rings is 2. The highest BCUT2D eigenvalue weighted by molar-refractivity contribution is 6.52. The second-order valence-electron chi connectivity index (χ2n) is 7.78. The minimum atomic E-state index is -4.92. The van der Waals surface area contributed by atoms with Gasteiger partial charge in [-0.25, -0.2) is 0 Å². The number of aliphatic hydroxyl groups excluding tert-OH is 1. The lowest BCUT2D eigenvalue weighted by Gasteiger charge is -2.25. The molecule has 1 aliphatic heterocycles. The van der Waals surface area contributed by atoms with Crippen LogP contribution in [0.2, 0.25) is 10.0 Å². The highest BCUT2D eigenvalue weighted by Gasteiger charge is 2.47. The SMILES string of the molecule is COc1c(Cl)cc(/C(O)=C2\C(=O)C(=O)N(c3ccc(OC(F)(F)F)cc3)C2c2cccnc2)c(OC)c1Cl. The summed E-state index contributed by atoms with van der Waals surface area (Å²) >= 11 is 12.6. The molecule has 1 unspecified atom stereocenters. The van der Waals surface area contributed by atoms with E-state index in [0.717, 1.165) is 17.0 Å². The van der Waals surface area contributed by atoms with Crippen LogP contribution in [0.3, 0.4) is 0 Å². The molecule has 38 heavy (non-hydrogen) atoms. The summed E-state index contributed by atoms with van der Waals surface area (Å²) in [6.45, 7) is 0. The maximum absolute atomic E-state index is 13.3. The Kier molecular flexibility index (Phi) is 7.43. The Balaban J connectivity index is 1.92. The Hall–Kier alpha value is -3.96. The van der Waals surface area contributed by atoms with E-state index >= 15 is 0 Å². The quantitative estimate of drug-likeness (QED) is 0.223. The molecule has 1 N–H and O–H groups in total. The van der Waals surface area contributed by atoms with Crippen LogP contribution in [0.5, 0.6) is 17.2 Å². The minimum absolute atomic E-state index is 0.00717. The van der Waals surface area contributed by atoms with Gasteiger partial charge < -0.3 is 19.3 Å². The molecule has 1 fully saturated rings. The molecular weight excluding hydrogens is 552 g/mol. The average molecular weight is 569 g/mol. The number of methoxy groups -OCH3 is 2. The van der Waals surface area contributed by atoms with Crippen LogP contribution in [-0.4, -0.2) is 42.4 Å². The minimum Gasteiger partial charge on any atom is -0.507 e. The van der Waals surface area contributed by atoms with Crippen LogP contribution in [-0.2, 0) is 9.59 Å². The van der Waals surface area contributed by atoms with Gasteiger partial charge in [0.15, 0.2) is 11.5 Å². The van der Waals surface area contributed by atoms with Crippen molar-refractivity contribution in [3.63, 3.8) is 0 Å². The van der Waals surface area contributed by atoms with Crippen molar-refractivity contribution in [2.24, 2.45) is 0 Å². The molecule has 0 spiro atoms. The molecule has 0 bridgehead atoms. The summed E-state index contributed by atoms with van der Waals surface area (Å²) in [5.74, 6) is -3.31. The van der Waals surface area contributed by atoms with Gasteiger partial charge >= 0.3 is 6.36 Å².